The molecule has 0 unspecified atom stereocenters. The second-order valence-corrected chi connectivity index (χ2v) is 8.25. The van der Waals surface area contributed by atoms with E-state index in [0.717, 1.165) is 16.2 Å². The van der Waals surface area contributed by atoms with Gasteiger partial charge in [-0.1, -0.05) is 54.5 Å². The van der Waals surface area contributed by atoms with Crippen molar-refractivity contribution >= 4 is 17.7 Å². The Morgan fingerprint density at radius 1 is 1.11 bits per heavy atom. The fourth-order valence-corrected chi connectivity index (χ4v) is 4.61. The van der Waals surface area contributed by atoms with Crippen LogP contribution in [-0.2, 0) is 0 Å². The lowest BCUT2D eigenvalue weighted by atomic mass is 9.89. The summed E-state index contributed by atoms with van der Waals surface area (Å²) < 4.78 is 5.49. The molecule has 1 aliphatic heterocycles. The minimum Gasteiger partial charge on any atom is -0.339 e. The summed E-state index contributed by atoms with van der Waals surface area (Å²) in [6.07, 6.45) is 0. The van der Waals surface area contributed by atoms with E-state index in [9.17, 15) is 4.79 Å². The van der Waals surface area contributed by atoms with Crippen LogP contribution in [0.5, 0.6) is 0 Å². The number of hydrogen-bond acceptors (Lipinski definition) is 5. The van der Waals surface area contributed by atoms with Gasteiger partial charge in [0, 0.05) is 23.9 Å². The molecule has 1 saturated heterocycles. The molecule has 1 fully saturated rings. The van der Waals surface area contributed by atoms with Crippen LogP contribution < -0.4 is 0 Å². The molecule has 2 aromatic carbocycles. The van der Waals surface area contributed by atoms with Gasteiger partial charge in [0.1, 0.15) is 0 Å². The summed E-state index contributed by atoms with van der Waals surface area (Å²) >= 11 is 1.70. The number of aryl methyl sites for hydroxylation is 1. The van der Waals surface area contributed by atoms with E-state index in [1.54, 1.807) is 11.8 Å². The topological polar surface area (TPSA) is 59.2 Å². The lowest BCUT2D eigenvalue weighted by Crippen LogP contribution is -2.29. The largest absolute Gasteiger partial charge is 0.339 e. The van der Waals surface area contributed by atoms with Gasteiger partial charge in [0.15, 0.2) is 5.82 Å². The van der Waals surface area contributed by atoms with Crippen LogP contribution in [0.4, 0.5) is 0 Å². The van der Waals surface area contributed by atoms with Gasteiger partial charge in [0.2, 0.25) is 5.89 Å². The summed E-state index contributed by atoms with van der Waals surface area (Å²) in [6.45, 7) is 5.13. The number of carbonyl (C=O) groups is 1. The molecule has 3 aromatic rings. The van der Waals surface area contributed by atoms with Crippen LogP contribution in [0, 0.1) is 6.92 Å². The fraction of sp³-hybridized carbons (Fsp3) is 0.318. The van der Waals surface area contributed by atoms with Gasteiger partial charge in [-0.15, -0.1) is 11.8 Å². The van der Waals surface area contributed by atoms with Crippen LogP contribution in [0.25, 0.3) is 0 Å². The quantitative estimate of drug-likeness (QED) is 0.597. The third-order valence-electron chi connectivity index (χ3n) is 5.11. The van der Waals surface area contributed by atoms with E-state index in [1.807, 2.05) is 54.3 Å². The lowest BCUT2D eigenvalue weighted by molar-refractivity contribution is 0.0784. The van der Waals surface area contributed by atoms with Crippen LogP contribution >= 0.6 is 11.8 Å². The zero-order valence-corrected chi connectivity index (χ0v) is 16.9. The highest BCUT2D eigenvalue weighted by Gasteiger charge is 2.40. The van der Waals surface area contributed by atoms with Crippen molar-refractivity contribution in [2.45, 2.75) is 30.6 Å². The highest BCUT2D eigenvalue weighted by atomic mass is 32.2. The summed E-state index contributed by atoms with van der Waals surface area (Å²) in [4.78, 5) is 20.8. The van der Waals surface area contributed by atoms with Crippen molar-refractivity contribution in [3.63, 3.8) is 0 Å². The molecule has 144 valence electrons. The number of amides is 1. The van der Waals surface area contributed by atoms with Gasteiger partial charge in [0.25, 0.3) is 5.91 Å². The van der Waals surface area contributed by atoms with Gasteiger partial charge in [-0.2, -0.15) is 4.98 Å². The van der Waals surface area contributed by atoms with Crippen LogP contribution in [0.15, 0.2) is 64.0 Å². The number of likely N-dealkylation sites (tertiary alicyclic amines) is 1. The first kappa shape index (κ1) is 18.7. The van der Waals surface area contributed by atoms with Crippen molar-refractivity contribution in [2.75, 3.05) is 18.8 Å². The van der Waals surface area contributed by atoms with Gasteiger partial charge in [-0.05, 0) is 30.4 Å². The molecule has 1 aliphatic rings. The molecule has 2 heterocycles. The first-order valence-electron chi connectivity index (χ1n) is 9.53. The van der Waals surface area contributed by atoms with Crippen molar-refractivity contribution in [2.24, 2.45) is 0 Å². The maximum absolute atomic E-state index is 13.3. The summed E-state index contributed by atoms with van der Waals surface area (Å²) in [6, 6.07) is 18.1. The average molecular weight is 394 g/mol. The first-order valence-corrected chi connectivity index (χ1v) is 10.5. The van der Waals surface area contributed by atoms with Gasteiger partial charge >= 0.3 is 0 Å². The van der Waals surface area contributed by atoms with Crippen molar-refractivity contribution in [1.29, 1.82) is 0 Å². The van der Waals surface area contributed by atoms with Crippen LogP contribution in [-0.4, -0.2) is 39.8 Å². The highest BCUT2D eigenvalue weighted by Crippen LogP contribution is 2.40. The molecule has 0 bridgehead atoms. The lowest BCUT2D eigenvalue weighted by Gasteiger charge is -2.18. The Balaban J connectivity index is 1.65. The van der Waals surface area contributed by atoms with Crippen molar-refractivity contribution in [1.82, 2.24) is 15.0 Å². The number of rotatable bonds is 5. The molecule has 28 heavy (non-hydrogen) atoms. The molecule has 0 saturated carbocycles. The molecular formula is C22H23N3O2S. The normalized spacial score (nSPS) is 19.1. The third-order valence-corrected chi connectivity index (χ3v) is 6.07. The number of hydrogen-bond donors (Lipinski definition) is 0. The number of carbonyl (C=O) groups excluding carboxylic acids is 1. The molecule has 0 spiro atoms. The highest BCUT2D eigenvalue weighted by molar-refractivity contribution is 7.99. The van der Waals surface area contributed by atoms with E-state index in [2.05, 4.69) is 29.2 Å². The molecule has 4 rings (SSSR count). The molecule has 2 atom stereocenters. The number of thioether (sulfide) groups is 1. The second kappa shape index (κ2) is 8.19. The number of benzene rings is 2. The number of nitrogens with zero attached hydrogens (tertiary/aromatic N) is 3. The Labute approximate surface area is 169 Å². The SMILES string of the molecule is CCSc1ccccc1C(=O)N1C[C@H](c2ccccc2)[C@H](c2nc(C)no2)C1. The molecule has 6 heteroatoms. The van der Waals surface area contributed by atoms with Gasteiger partial charge < -0.3 is 9.42 Å². The molecule has 0 radical (unpaired) electrons. The predicted molar refractivity (Wildman–Crippen MR) is 110 cm³/mol. The molecule has 0 aliphatic carbocycles. The Kier molecular flexibility index (Phi) is 5.48. The zero-order valence-electron chi connectivity index (χ0n) is 16.0. The molecular weight excluding hydrogens is 370 g/mol. The molecule has 5 nitrogen and oxygen atoms in total. The van der Waals surface area contributed by atoms with Crippen molar-refractivity contribution in [3.05, 3.63) is 77.4 Å². The Hall–Kier alpha value is -2.60. The average Bonchev–Trinajstić information content (AvgIpc) is 3.35. The van der Waals surface area contributed by atoms with Gasteiger partial charge in [-0.3, -0.25) is 4.79 Å². The monoisotopic (exact) mass is 393 g/mol. The molecule has 1 amide bonds. The Morgan fingerprint density at radius 3 is 2.54 bits per heavy atom. The van der Waals surface area contributed by atoms with E-state index < -0.39 is 0 Å². The van der Waals surface area contributed by atoms with Crippen LogP contribution in [0.3, 0.4) is 0 Å². The van der Waals surface area contributed by atoms with Crippen molar-refractivity contribution in [3.8, 4) is 0 Å². The van der Waals surface area contributed by atoms with E-state index in [-0.39, 0.29) is 17.7 Å². The van der Waals surface area contributed by atoms with E-state index in [1.165, 1.54) is 5.56 Å². The number of aromatic nitrogens is 2. The minimum atomic E-state index is -0.00135. The molecule has 1 aromatic heterocycles. The predicted octanol–water partition coefficient (Wildman–Crippen LogP) is 4.51. The Bertz CT molecular complexity index is 957. The smallest absolute Gasteiger partial charge is 0.255 e. The minimum absolute atomic E-state index is 0.00135. The Morgan fingerprint density at radius 2 is 1.82 bits per heavy atom. The molecule has 0 N–H and O–H groups in total. The first-order chi connectivity index (χ1) is 13.7. The third kappa shape index (κ3) is 3.69. The summed E-state index contributed by atoms with van der Waals surface area (Å²) in [5, 5.41) is 3.96. The second-order valence-electron chi connectivity index (χ2n) is 6.94. The van der Waals surface area contributed by atoms with E-state index in [0.29, 0.717) is 24.8 Å². The van der Waals surface area contributed by atoms with Crippen LogP contribution in [0.1, 0.15) is 46.4 Å². The van der Waals surface area contributed by atoms with Gasteiger partial charge in [0.05, 0.1) is 11.5 Å². The van der Waals surface area contributed by atoms with Crippen molar-refractivity contribution < 1.29 is 9.32 Å². The van der Waals surface area contributed by atoms with E-state index >= 15 is 0 Å². The summed E-state index contributed by atoms with van der Waals surface area (Å²) in [5.74, 6) is 2.36. The maximum atomic E-state index is 13.3. The fourth-order valence-electron chi connectivity index (χ4n) is 3.82. The zero-order chi connectivity index (χ0) is 19.5. The summed E-state index contributed by atoms with van der Waals surface area (Å²) in [7, 11) is 0. The van der Waals surface area contributed by atoms with Gasteiger partial charge in [-0.25, -0.2) is 0 Å². The standard InChI is InChI=1S/C22H23N3O2S/c1-3-28-20-12-8-7-11-17(20)22(26)25-13-18(16-9-5-4-6-10-16)19(14-25)21-23-15(2)24-27-21/h4-12,18-19H,3,13-14H2,1-2H3/t18-,19-/m1/s1. The van der Waals surface area contributed by atoms with Crippen LogP contribution in [0.2, 0.25) is 0 Å². The van der Waals surface area contributed by atoms with E-state index in [4.69, 9.17) is 4.52 Å². The summed E-state index contributed by atoms with van der Waals surface area (Å²) in [5.41, 5.74) is 1.96. The maximum Gasteiger partial charge on any atom is 0.255 e.